The molecule has 0 amide bonds. The molecule has 0 saturated carbocycles. The summed E-state index contributed by atoms with van der Waals surface area (Å²) in [5.74, 6) is -5.48. The van der Waals surface area contributed by atoms with Gasteiger partial charge in [-0.1, -0.05) is 12.1 Å². The molecular formula is C21H18O8. The van der Waals surface area contributed by atoms with Crippen molar-refractivity contribution in [2.75, 3.05) is 0 Å². The molecule has 29 heavy (non-hydrogen) atoms. The number of carbonyl (C=O) groups excluding carboxylic acids is 4. The molecule has 1 unspecified atom stereocenters. The number of phenolic OH excluding ortho intramolecular Hbond substituents is 3. The van der Waals surface area contributed by atoms with Gasteiger partial charge in [-0.25, -0.2) is 0 Å². The number of carbonyl (C=O) groups is 4. The normalized spacial score (nSPS) is 19.8. The van der Waals surface area contributed by atoms with Crippen LogP contribution in [-0.4, -0.2) is 38.5 Å². The minimum atomic E-state index is -2.61. The number of ether oxygens (including phenoxy) is 1. The zero-order valence-electron chi connectivity index (χ0n) is 15.8. The van der Waals surface area contributed by atoms with Gasteiger partial charge in [-0.3, -0.25) is 19.2 Å². The molecule has 150 valence electrons. The Morgan fingerprint density at radius 2 is 1.38 bits per heavy atom. The Labute approximate surface area is 165 Å². The lowest BCUT2D eigenvalue weighted by Gasteiger charge is -2.48. The lowest BCUT2D eigenvalue weighted by molar-refractivity contribution is -0.162. The molecule has 0 saturated heterocycles. The quantitative estimate of drug-likeness (QED) is 0.665. The topological polar surface area (TPSA) is 138 Å². The van der Waals surface area contributed by atoms with Crippen LogP contribution in [0.3, 0.4) is 0 Å². The van der Waals surface area contributed by atoms with Crippen LogP contribution in [0, 0.1) is 5.41 Å². The van der Waals surface area contributed by atoms with Gasteiger partial charge in [-0.05, 0) is 32.9 Å². The summed E-state index contributed by atoms with van der Waals surface area (Å²) in [6.07, 6.45) is 0. The Kier molecular flexibility index (Phi) is 4.46. The van der Waals surface area contributed by atoms with E-state index in [4.69, 9.17) is 4.74 Å². The molecule has 0 bridgehead atoms. The summed E-state index contributed by atoms with van der Waals surface area (Å²) < 4.78 is 5.86. The first-order valence-corrected chi connectivity index (χ1v) is 8.62. The monoisotopic (exact) mass is 398 g/mol. The lowest BCUT2D eigenvalue weighted by Crippen LogP contribution is -2.67. The molecule has 1 aliphatic heterocycles. The molecule has 8 nitrogen and oxygen atoms in total. The number of Topliss-reactive ketones (excluding diaryl/α,β-unsaturated/α-hetero) is 4. The first-order valence-electron chi connectivity index (χ1n) is 8.62. The summed E-state index contributed by atoms with van der Waals surface area (Å²) in [5, 5.41) is 29.7. The minimum absolute atomic E-state index is 0.0185. The predicted octanol–water partition coefficient (Wildman–Crippen LogP) is 2.03. The highest BCUT2D eigenvalue weighted by molar-refractivity contribution is 6.33. The summed E-state index contributed by atoms with van der Waals surface area (Å²) in [7, 11) is 0. The Hall–Kier alpha value is -3.68. The van der Waals surface area contributed by atoms with Gasteiger partial charge in [0.25, 0.3) is 0 Å². The molecular weight excluding hydrogens is 380 g/mol. The van der Waals surface area contributed by atoms with E-state index >= 15 is 0 Å². The van der Waals surface area contributed by atoms with Gasteiger partial charge in [-0.15, -0.1) is 0 Å². The SMILES string of the molecule is CC(=O)C1(C(C)=O)C(=O)c2c(O)cc(O)cc2OC1(C(C)=O)c1ccc(O)cc1. The van der Waals surface area contributed by atoms with Gasteiger partial charge in [0, 0.05) is 17.7 Å². The average molecular weight is 398 g/mol. The predicted molar refractivity (Wildman–Crippen MR) is 99.0 cm³/mol. The van der Waals surface area contributed by atoms with Gasteiger partial charge < -0.3 is 20.1 Å². The van der Waals surface area contributed by atoms with Crippen LogP contribution in [0.5, 0.6) is 23.0 Å². The Morgan fingerprint density at radius 3 is 1.86 bits per heavy atom. The zero-order chi connectivity index (χ0) is 21.7. The summed E-state index contributed by atoms with van der Waals surface area (Å²) >= 11 is 0. The average Bonchev–Trinajstić information content (AvgIpc) is 2.60. The number of hydrogen-bond donors (Lipinski definition) is 3. The summed E-state index contributed by atoms with van der Waals surface area (Å²) in [5.41, 5.74) is -5.51. The highest BCUT2D eigenvalue weighted by atomic mass is 16.5. The van der Waals surface area contributed by atoms with Crippen molar-refractivity contribution < 1.29 is 39.2 Å². The van der Waals surface area contributed by atoms with E-state index in [2.05, 4.69) is 0 Å². The fourth-order valence-electron chi connectivity index (χ4n) is 4.06. The second-order valence-electron chi connectivity index (χ2n) is 6.92. The number of rotatable bonds is 4. The summed E-state index contributed by atoms with van der Waals surface area (Å²) in [6, 6.07) is 6.83. The third-order valence-corrected chi connectivity index (χ3v) is 5.25. The van der Waals surface area contributed by atoms with Crippen LogP contribution in [0.4, 0.5) is 0 Å². The Bertz CT molecular complexity index is 1050. The number of hydrogen-bond acceptors (Lipinski definition) is 8. The van der Waals surface area contributed by atoms with E-state index in [1.54, 1.807) is 0 Å². The van der Waals surface area contributed by atoms with Crippen LogP contribution in [0.1, 0.15) is 36.7 Å². The zero-order valence-corrected chi connectivity index (χ0v) is 15.8. The highest BCUT2D eigenvalue weighted by Gasteiger charge is 2.71. The van der Waals surface area contributed by atoms with Gasteiger partial charge in [0.2, 0.25) is 11.0 Å². The van der Waals surface area contributed by atoms with Crippen molar-refractivity contribution in [2.24, 2.45) is 5.41 Å². The van der Waals surface area contributed by atoms with Gasteiger partial charge in [0.1, 0.15) is 28.6 Å². The molecule has 1 heterocycles. The maximum Gasteiger partial charge on any atom is 0.218 e. The molecule has 2 aromatic rings. The van der Waals surface area contributed by atoms with Crippen molar-refractivity contribution in [3.8, 4) is 23.0 Å². The van der Waals surface area contributed by atoms with Gasteiger partial charge in [0.15, 0.2) is 23.1 Å². The van der Waals surface area contributed by atoms with E-state index in [1.807, 2.05) is 0 Å². The smallest absolute Gasteiger partial charge is 0.218 e. The number of benzene rings is 2. The lowest BCUT2D eigenvalue weighted by atomic mass is 9.57. The fraction of sp³-hybridized carbons (Fsp3) is 0.238. The Morgan fingerprint density at radius 1 is 0.828 bits per heavy atom. The van der Waals surface area contributed by atoms with Gasteiger partial charge >= 0.3 is 0 Å². The van der Waals surface area contributed by atoms with Gasteiger partial charge in [-0.2, -0.15) is 0 Å². The molecule has 0 aromatic heterocycles. The molecule has 1 aliphatic rings. The van der Waals surface area contributed by atoms with Crippen LogP contribution in [0.15, 0.2) is 36.4 Å². The van der Waals surface area contributed by atoms with Crippen molar-refractivity contribution in [2.45, 2.75) is 26.4 Å². The van der Waals surface area contributed by atoms with E-state index in [0.717, 1.165) is 32.9 Å². The first kappa shape index (κ1) is 20.1. The van der Waals surface area contributed by atoms with E-state index < -0.39 is 51.2 Å². The number of phenols is 3. The van der Waals surface area contributed by atoms with E-state index in [9.17, 15) is 34.5 Å². The maximum absolute atomic E-state index is 13.5. The second-order valence-corrected chi connectivity index (χ2v) is 6.92. The van der Waals surface area contributed by atoms with Crippen molar-refractivity contribution >= 4 is 23.1 Å². The van der Waals surface area contributed by atoms with E-state index in [0.29, 0.717) is 0 Å². The largest absolute Gasteiger partial charge is 0.508 e. The maximum atomic E-state index is 13.5. The van der Waals surface area contributed by atoms with Crippen LogP contribution in [-0.2, 0) is 20.0 Å². The fourth-order valence-corrected chi connectivity index (χ4v) is 4.06. The highest BCUT2D eigenvalue weighted by Crippen LogP contribution is 2.55. The van der Waals surface area contributed by atoms with E-state index in [1.165, 1.54) is 24.3 Å². The van der Waals surface area contributed by atoms with Crippen LogP contribution in [0.25, 0.3) is 0 Å². The third kappa shape index (κ3) is 2.45. The second kappa shape index (κ2) is 6.44. The van der Waals surface area contributed by atoms with Crippen molar-refractivity contribution in [1.82, 2.24) is 0 Å². The summed E-state index contributed by atoms with van der Waals surface area (Å²) in [4.78, 5) is 52.3. The molecule has 0 spiro atoms. The van der Waals surface area contributed by atoms with Crippen molar-refractivity contribution in [1.29, 1.82) is 0 Å². The molecule has 0 fully saturated rings. The van der Waals surface area contributed by atoms with Crippen molar-refractivity contribution in [3.05, 3.63) is 47.5 Å². The van der Waals surface area contributed by atoms with Crippen LogP contribution in [0.2, 0.25) is 0 Å². The standard InChI is InChI=1S/C21H18O8/c1-10(22)20(11(2)23)19(28)18-16(27)8-15(26)9-17(18)29-21(20,12(3)24)13-4-6-14(25)7-5-13/h4-9,25-27H,1-3H3. The van der Waals surface area contributed by atoms with Gasteiger partial charge in [0.05, 0.1) is 0 Å². The minimum Gasteiger partial charge on any atom is -0.508 e. The molecule has 3 rings (SSSR count). The number of fused-ring (bicyclic) bond motifs is 1. The van der Waals surface area contributed by atoms with Crippen molar-refractivity contribution in [3.63, 3.8) is 0 Å². The number of ketones is 4. The van der Waals surface area contributed by atoms with E-state index in [-0.39, 0.29) is 17.1 Å². The Balaban J connectivity index is 2.54. The molecule has 1 atom stereocenters. The molecule has 0 radical (unpaired) electrons. The molecule has 8 heteroatoms. The van der Waals surface area contributed by atoms with Crippen LogP contribution >= 0.6 is 0 Å². The first-order chi connectivity index (χ1) is 13.5. The molecule has 0 aliphatic carbocycles. The van der Waals surface area contributed by atoms with Crippen LogP contribution < -0.4 is 4.74 Å². The third-order valence-electron chi connectivity index (χ3n) is 5.25. The number of aromatic hydroxyl groups is 3. The molecule has 2 aromatic carbocycles. The summed E-state index contributed by atoms with van der Waals surface area (Å²) in [6.45, 7) is 3.04. The molecule has 3 N–H and O–H groups in total.